The van der Waals surface area contributed by atoms with E-state index in [1.807, 2.05) is 37.2 Å². The van der Waals surface area contributed by atoms with Gasteiger partial charge in [-0.05, 0) is 56.3 Å². The first-order valence-corrected chi connectivity index (χ1v) is 11.8. The van der Waals surface area contributed by atoms with E-state index in [0.29, 0.717) is 42.3 Å². The molecule has 8 nitrogen and oxygen atoms in total. The quantitative estimate of drug-likeness (QED) is 0.550. The number of aromatic nitrogens is 1. The molecule has 1 fully saturated rings. The predicted molar refractivity (Wildman–Crippen MR) is 133 cm³/mol. The molecule has 0 spiro atoms. The largest absolute Gasteiger partial charge is 0.419 e. The van der Waals surface area contributed by atoms with Crippen molar-refractivity contribution >= 4 is 34.3 Å². The van der Waals surface area contributed by atoms with Crippen molar-refractivity contribution in [2.45, 2.75) is 39.2 Å². The van der Waals surface area contributed by atoms with Crippen LogP contribution in [0.3, 0.4) is 0 Å². The second-order valence-corrected chi connectivity index (χ2v) is 9.27. The van der Waals surface area contributed by atoms with Gasteiger partial charge in [0, 0.05) is 37.4 Å². The van der Waals surface area contributed by atoms with Crippen molar-refractivity contribution in [2.24, 2.45) is 5.92 Å². The van der Waals surface area contributed by atoms with Gasteiger partial charge in [-0.25, -0.2) is 4.79 Å². The third-order valence-electron chi connectivity index (χ3n) is 6.57. The Morgan fingerprint density at radius 3 is 2.71 bits per heavy atom. The molecule has 8 heteroatoms. The van der Waals surface area contributed by atoms with Gasteiger partial charge in [0.05, 0.1) is 11.4 Å². The minimum absolute atomic E-state index is 0.0429. The van der Waals surface area contributed by atoms with Gasteiger partial charge in [0.15, 0.2) is 5.58 Å². The lowest BCUT2D eigenvalue weighted by atomic mass is 9.96. The Kier molecular flexibility index (Phi) is 6.88. The summed E-state index contributed by atoms with van der Waals surface area (Å²) in [7, 11) is 3.87. The molecule has 2 aromatic carbocycles. The van der Waals surface area contributed by atoms with E-state index in [1.165, 1.54) is 0 Å². The topological polar surface area (TPSA) is 87.8 Å². The normalized spacial score (nSPS) is 17.0. The van der Waals surface area contributed by atoms with Crippen molar-refractivity contribution in [3.63, 3.8) is 0 Å². The first-order chi connectivity index (χ1) is 16.3. The van der Waals surface area contributed by atoms with Crippen molar-refractivity contribution in [1.82, 2.24) is 9.47 Å². The van der Waals surface area contributed by atoms with Crippen LogP contribution in [0, 0.1) is 5.92 Å². The third-order valence-corrected chi connectivity index (χ3v) is 6.57. The van der Waals surface area contributed by atoms with Crippen LogP contribution in [0.15, 0.2) is 51.7 Å². The predicted octanol–water partition coefficient (Wildman–Crippen LogP) is 3.66. The Balaban J connectivity index is 1.51. The van der Waals surface area contributed by atoms with Gasteiger partial charge >= 0.3 is 5.76 Å². The first kappa shape index (κ1) is 23.8. The summed E-state index contributed by atoms with van der Waals surface area (Å²) in [6.07, 6.45) is 1.14. The minimum atomic E-state index is -0.450. The molecule has 4 rings (SSSR count). The van der Waals surface area contributed by atoms with Crippen LogP contribution in [0.1, 0.15) is 38.2 Å². The summed E-state index contributed by atoms with van der Waals surface area (Å²) in [5.74, 6) is -0.796. The second kappa shape index (κ2) is 9.85. The number of nitrogens with zero attached hydrogens (tertiary/aromatic N) is 3. The molecule has 2 heterocycles. The number of hydrogen-bond acceptors (Lipinski definition) is 5. The lowest BCUT2D eigenvalue weighted by Crippen LogP contribution is -2.29. The van der Waals surface area contributed by atoms with E-state index in [4.69, 9.17) is 4.42 Å². The molecule has 2 unspecified atom stereocenters. The Labute approximate surface area is 199 Å². The van der Waals surface area contributed by atoms with Crippen molar-refractivity contribution in [2.75, 3.05) is 37.4 Å². The molecule has 2 atom stereocenters. The maximum atomic E-state index is 13.1. The Morgan fingerprint density at radius 2 is 1.97 bits per heavy atom. The number of nitrogens with one attached hydrogen (secondary N) is 1. The molecule has 180 valence electrons. The van der Waals surface area contributed by atoms with E-state index < -0.39 is 11.7 Å². The molecular weight excluding hydrogens is 432 g/mol. The van der Waals surface area contributed by atoms with Gasteiger partial charge in [-0.2, -0.15) is 0 Å². The number of oxazole rings is 1. The molecular formula is C26H32N4O4. The van der Waals surface area contributed by atoms with Crippen molar-refractivity contribution in [3.05, 3.63) is 58.6 Å². The van der Waals surface area contributed by atoms with Crippen LogP contribution in [0.25, 0.3) is 11.1 Å². The molecule has 2 amide bonds. The monoisotopic (exact) mass is 464 g/mol. The number of hydrogen-bond donors (Lipinski definition) is 1. The number of likely N-dealkylation sites (N-methyl/N-ethyl adjacent to an activating group) is 1. The summed E-state index contributed by atoms with van der Waals surface area (Å²) in [6, 6.07) is 13.1. The molecule has 0 saturated carbocycles. The molecule has 0 bridgehead atoms. The molecule has 1 aliphatic rings. The molecule has 3 aromatic rings. The van der Waals surface area contributed by atoms with Crippen LogP contribution >= 0.6 is 0 Å². The Hall–Kier alpha value is -3.39. The molecule has 0 aliphatic carbocycles. The number of carbonyl (C=O) groups is 2. The number of rotatable bonds is 8. The summed E-state index contributed by atoms with van der Waals surface area (Å²) in [4.78, 5) is 41.9. The van der Waals surface area contributed by atoms with E-state index in [0.717, 1.165) is 17.7 Å². The standard InChI is InChI=1S/C26H32N4O4/c1-5-17(2)20-8-6-7-9-21(20)30-16-18(14-24(30)31)25(32)27-19-10-11-23-22(15-19)29(26(33)34-23)13-12-28(3)4/h6-11,15,17-18H,5,12-14,16H2,1-4H3,(H,27,32). The smallest absolute Gasteiger partial charge is 0.408 e. The van der Waals surface area contributed by atoms with Crippen LogP contribution in [-0.2, 0) is 16.1 Å². The van der Waals surface area contributed by atoms with Gasteiger partial charge in [0.1, 0.15) is 0 Å². The summed E-state index contributed by atoms with van der Waals surface area (Å²) in [5.41, 5.74) is 3.70. The van der Waals surface area contributed by atoms with Gasteiger partial charge < -0.3 is 19.5 Å². The highest BCUT2D eigenvalue weighted by atomic mass is 16.4. The van der Waals surface area contributed by atoms with E-state index in [1.54, 1.807) is 27.7 Å². The summed E-state index contributed by atoms with van der Waals surface area (Å²) >= 11 is 0. The van der Waals surface area contributed by atoms with Crippen molar-refractivity contribution in [3.8, 4) is 0 Å². The van der Waals surface area contributed by atoms with Gasteiger partial charge in [0.25, 0.3) is 0 Å². The molecule has 1 N–H and O–H groups in total. The molecule has 1 aromatic heterocycles. The zero-order valence-electron chi connectivity index (χ0n) is 20.2. The summed E-state index contributed by atoms with van der Waals surface area (Å²) in [5, 5.41) is 2.93. The molecule has 34 heavy (non-hydrogen) atoms. The lowest BCUT2D eigenvalue weighted by Gasteiger charge is -2.23. The van der Waals surface area contributed by atoms with E-state index >= 15 is 0 Å². The summed E-state index contributed by atoms with van der Waals surface area (Å²) < 4.78 is 6.90. The van der Waals surface area contributed by atoms with Crippen LogP contribution < -0.4 is 16.0 Å². The van der Waals surface area contributed by atoms with E-state index in [2.05, 4.69) is 25.2 Å². The van der Waals surface area contributed by atoms with Crippen LogP contribution in [0.4, 0.5) is 11.4 Å². The Morgan fingerprint density at radius 1 is 1.21 bits per heavy atom. The number of fused-ring (bicyclic) bond motifs is 1. The maximum Gasteiger partial charge on any atom is 0.419 e. The van der Waals surface area contributed by atoms with Gasteiger partial charge in [-0.3, -0.25) is 14.2 Å². The van der Waals surface area contributed by atoms with Crippen molar-refractivity contribution < 1.29 is 14.0 Å². The van der Waals surface area contributed by atoms with Gasteiger partial charge in [-0.1, -0.05) is 32.0 Å². The summed E-state index contributed by atoms with van der Waals surface area (Å²) in [6.45, 7) is 5.79. The van der Waals surface area contributed by atoms with Crippen LogP contribution in [0.2, 0.25) is 0 Å². The second-order valence-electron chi connectivity index (χ2n) is 9.27. The lowest BCUT2D eigenvalue weighted by molar-refractivity contribution is -0.122. The van der Waals surface area contributed by atoms with Crippen molar-refractivity contribution in [1.29, 1.82) is 0 Å². The zero-order valence-corrected chi connectivity index (χ0v) is 20.2. The third kappa shape index (κ3) is 4.77. The number of para-hydroxylation sites is 1. The fourth-order valence-electron chi connectivity index (χ4n) is 4.38. The SMILES string of the molecule is CCC(C)c1ccccc1N1CC(C(=O)Nc2ccc3oc(=O)n(CCN(C)C)c3c2)CC1=O. The highest BCUT2D eigenvalue weighted by Gasteiger charge is 2.36. The average molecular weight is 465 g/mol. The van der Waals surface area contributed by atoms with Gasteiger partial charge in [-0.15, -0.1) is 0 Å². The fraction of sp³-hybridized carbons (Fsp3) is 0.423. The highest BCUT2D eigenvalue weighted by molar-refractivity contribution is 6.04. The van der Waals surface area contributed by atoms with Crippen LogP contribution in [0.5, 0.6) is 0 Å². The molecule has 1 aliphatic heterocycles. The molecule has 1 saturated heterocycles. The fourth-order valence-corrected chi connectivity index (χ4v) is 4.38. The highest BCUT2D eigenvalue weighted by Crippen LogP contribution is 2.34. The average Bonchev–Trinajstić information content (AvgIpc) is 3.35. The zero-order chi connectivity index (χ0) is 24.4. The molecule has 0 radical (unpaired) electrons. The number of amides is 2. The number of carbonyl (C=O) groups excluding carboxylic acids is 2. The van der Waals surface area contributed by atoms with E-state index in [9.17, 15) is 14.4 Å². The Bertz CT molecular complexity index is 1260. The number of anilines is 2. The van der Waals surface area contributed by atoms with E-state index in [-0.39, 0.29) is 18.2 Å². The van der Waals surface area contributed by atoms with Gasteiger partial charge in [0.2, 0.25) is 11.8 Å². The maximum absolute atomic E-state index is 13.1. The minimum Gasteiger partial charge on any atom is -0.408 e. The van der Waals surface area contributed by atoms with Crippen LogP contribution in [-0.4, -0.2) is 48.5 Å². The first-order valence-electron chi connectivity index (χ1n) is 11.8. The number of benzene rings is 2.